The smallest absolute Gasteiger partial charge is 0.179 e. The molecule has 8 aromatic rings. The first-order valence-corrected chi connectivity index (χ1v) is 39.7. The van der Waals surface area contributed by atoms with Crippen molar-refractivity contribution >= 4 is 139 Å². The Morgan fingerprint density at radius 3 is 0.850 bits per heavy atom. The Kier molecular flexibility index (Phi) is 24.1. The highest BCUT2D eigenvalue weighted by molar-refractivity contribution is 6.35. The van der Waals surface area contributed by atoms with Crippen LogP contribution in [0.25, 0.3) is 0 Å². The van der Waals surface area contributed by atoms with E-state index in [4.69, 9.17) is 169 Å². The molecular weight excluding hydrogens is 1680 g/mol. The molecule has 0 fully saturated rings. The fourth-order valence-corrected chi connectivity index (χ4v) is 15.1. The normalized spacial score (nSPS) is 31.9. The van der Waals surface area contributed by atoms with Crippen LogP contribution in [-0.2, 0) is 82.7 Å². The van der Waals surface area contributed by atoms with Gasteiger partial charge in [0.15, 0.2) is 46.3 Å². The van der Waals surface area contributed by atoms with E-state index in [9.17, 15) is 38.4 Å². The van der Waals surface area contributed by atoms with Crippen molar-refractivity contribution in [3.05, 3.63) is 376 Å². The lowest BCUT2D eigenvalue weighted by Gasteiger charge is -2.30. The van der Waals surface area contributed by atoms with E-state index in [2.05, 4.69) is 0 Å². The van der Waals surface area contributed by atoms with Crippen molar-refractivity contribution in [2.24, 2.45) is 45.9 Å². The van der Waals surface area contributed by atoms with Gasteiger partial charge in [0.1, 0.15) is 44.3 Å². The van der Waals surface area contributed by atoms with Crippen LogP contribution in [0.1, 0.15) is 177 Å². The van der Waals surface area contributed by atoms with Crippen LogP contribution in [0.2, 0.25) is 40.2 Å². The largest absolute Gasteiger partial charge is 0.315 e. The predicted molar refractivity (Wildman–Crippen MR) is 486 cm³/mol. The lowest BCUT2D eigenvalue weighted by atomic mass is 9.79. The standard InChI is InChI=1S/8C12H12ClNO/c8*13-10-6-2-1-5-9(10)12(14)8-4-3-7-11(12)15/h8*1-3,5-7H,4,8,14H2/i3D,4D2,7D;7D,8D2;4D2,7D;3D,8D2;3D,7D;3D,4D2;8D2;4D2. The lowest BCUT2D eigenvalue weighted by molar-refractivity contribution is -0.121. The minimum atomic E-state index is -2.13. The van der Waals surface area contributed by atoms with Gasteiger partial charge in [-0.1, -0.05) is 287 Å². The predicted octanol–water partition coefficient (Wildman–Crippen LogP) is 19.3. The van der Waals surface area contributed by atoms with Crippen LogP contribution in [-0.4, -0.2) is 46.3 Å². The zero-order valence-corrected chi connectivity index (χ0v) is 69.9. The maximum atomic E-state index is 12.2. The fraction of sp³-hybridized carbons (Fsp3) is 0.250. The third-order valence-electron chi connectivity index (χ3n) is 19.7. The highest BCUT2D eigenvalue weighted by atomic mass is 35.5. The van der Waals surface area contributed by atoms with Crippen LogP contribution in [0.15, 0.2) is 291 Å². The van der Waals surface area contributed by atoms with E-state index < -0.39 is 154 Å². The molecule has 16 N–H and O–H groups in total. The molecule has 0 spiro atoms. The summed E-state index contributed by atoms with van der Waals surface area (Å²) < 4.78 is 170. The molecule has 624 valence electrons. The van der Waals surface area contributed by atoms with E-state index in [-0.39, 0.29) is 106 Å². The number of hydrogen-bond acceptors (Lipinski definition) is 16. The molecule has 0 saturated carbocycles. The van der Waals surface area contributed by atoms with Crippen LogP contribution < -0.4 is 45.9 Å². The average molecular weight is 1800 g/mol. The Balaban J connectivity index is 0.000000181. The molecule has 0 radical (unpaired) electrons. The minimum Gasteiger partial charge on any atom is -0.315 e. The highest BCUT2D eigenvalue weighted by Crippen LogP contribution is 2.41. The van der Waals surface area contributed by atoms with E-state index in [1.165, 1.54) is 36.4 Å². The lowest BCUT2D eigenvalue weighted by Crippen LogP contribution is -2.45. The summed E-state index contributed by atoms with van der Waals surface area (Å²) in [7, 11) is 0. The highest BCUT2D eigenvalue weighted by Gasteiger charge is 2.44. The first-order chi connectivity index (χ1) is 65.5. The number of benzene rings is 8. The summed E-state index contributed by atoms with van der Waals surface area (Å²) in [6, 6.07) is 50.0. The summed E-state index contributed by atoms with van der Waals surface area (Å²) >= 11 is 48.2. The summed E-state index contributed by atoms with van der Waals surface area (Å²) in [6.45, 7) is 0. The molecule has 8 aliphatic carbocycles. The van der Waals surface area contributed by atoms with Crippen molar-refractivity contribution in [2.75, 3.05) is 0 Å². The summed E-state index contributed by atoms with van der Waals surface area (Å²) in [4.78, 5) is 96.4. The van der Waals surface area contributed by atoms with Gasteiger partial charge in [-0.05, 0) is 244 Å². The van der Waals surface area contributed by atoms with E-state index in [0.717, 1.165) is 18.2 Å². The van der Waals surface area contributed by atoms with Gasteiger partial charge >= 0.3 is 0 Å². The van der Waals surface area contributed by atoms with Crippen molar-refractivity contribution in [1.29, 1.82) is 0 Å². The fourth-order valence-electron chi connectivity index (χ4n) is 12.7. The SMILES string of the molecule is [2H]C1([2H])C=CC(=O)C(N)(c2ccccc2Cl)C1.[2H]C1([2H])CC=CC(=O)C1(N)c1ccccc1Cl.[2H]C1=C([2H])C(=O)C(N)(c2ccccc2Cl)CC1.[2H]C1=C([2H])C([2H])([2H])CC(N)(c2ccccc2Cl)C1=O.[2H]C1=CC(=O)C(N)(c2ccccc2Cl)C([2H])([2H])C1.[2H]C1=CC(=O)C(N)(c2ccccc2Cl)CC1([2H])[2H].[2H]C1=CC([2H])([2H])CC(N)(c2ccccc2Cl)C1=O.[2H]C1=CCC([2H])([2H])C(N)(c2ccccc2Cl)C1=O. The molecular formula is C96H96Cl8N8O8. The topological polar surface area (TPSA) is 345 Å². The second-order valence-corrected chi connectivity index (χ2v) is 30.8. The number of rotatable bonds is 8. The van der Waals surface area contributed by atoms with Gasteiger partial charge in [-0.2, -0.15) is 0 Å². The summed E-state index contributed by atoms with van der Waals surface area (Å²) in [5.74, 6) is -4.55. The quantitative estimate of drug-likeness (QED) is 0.0701. The van der Waals surface area contributed by atoms with Crippen LogP contribution in [0.4, 0.5) is 0 Å². The van der Waals surface area contributed by atoms with Gasteiger partial charge < -0.3 is 45.9 Å². The number of carbonyl (C=O) groups is 8. The van der Waals surface area contributed by atoms with Crippen molar-refractivity contribution in [3.8, 4) is 0 Å². The molecule has 8 aliphatic rings. The molecule has 0 bridgehead atoms. The number of ketones is 8. The maximum Gasteiger partial charge on any atom is 0.179 e. The molecule has 16 nitrogen and oxygen atoms in total. The van der Waals surface area contributed by atoms with Crippen molar-refractivity contribution in [3.63, 3.8) is 0 Å². The number of nitrogens with two attached hydrogens (primary N) is 8. The van der Waals surface area contributed by atoms with Gasteiger partial charge in [-0.15, -0.1) is 0 Å². The Morgan fingerprint density at radius 1 is 0.225 bits per heavy atom. The first-order valence-electron chi connectivity index (χ1n) is 47.6. The van der Waals surface area contributed by atoms with E-state index >= 15 is 0 Å². The molecule has 8 unspecified atom stereocenters. The Morgan fingerprint density at radius 2 is 0.467 bits per heavy atom. The van der Waals surface area contributed by atoms with Crippen molar-refractivity contribution in [1.82, 2.24) is 0 Å². The number of halogens is 8. The first kappa shape index (κ1) is 67.6. The number of hydrogen-bond donors (Lipinski definition) is 8. The van der Waals surface area contributed by atoms with Gasteiger partial charge in [-0.25, -0.2) is 0 Å². The van der Waals surface area contributed by atoms with Crippen LogP contribution in [0, 0.1) is 0 Å². The van der Waals surface area contributed by atoms with Crippen LogP contribution in [0.5, 0.6) is 0 Å². The zero-order valence-electron chi connectivity index (χ0n) is 85.9. The second kappa shape index (κ2) is 42.7. The van der Waals surface area contributed by atoms with Crippen molar-refractivity contribution < 1.29 is 68.5 Å². The van der Waals surface area contributed by atoms with Gasteiger partial charge in [0, 0.05) is 59.4 Å². The number of allylic oxidation sites excluding steroid dienone is 8. The molecule has 0 amide bonds. The van der Waals surface area contributed by atoms with Gasteiger partial charge in [-0.3, -0.25) is 38.4 Å². The molecule has 120 heavy (non-hydrogen) atoms. The van der Waals surface area contributed by atoms with Crippen molar-refractivity contribution in [2.45, 2.75) is 147 Å². The summed E-state index contributed by atoms with van der Waals surface area (Å²) in [6.07, 6.45) is -4.29. The summed E-state index contributed by atoms with van der Waals surface area (Å²) in [5, 5.41) is 2.47. The summed E-state index contributed by atoms with van der Waals surface area (Å²) in [5.41, 5.74) is 38.4. The van der Waals surface area contributed by atoms with E-state index in [1.54, 1.807) is 188 Å². The zero-order chi connectivity index (χ0) is 107. The molecule has 8 atom stereocenters. The minimum absolute atomic E-state index is 0.0446. The Hall–Kier alpha value is -8.96. The Bertz CT molecular complexity index is 6590. The molecule has 16 rings (SSSR count). The average Bonchev–Trinajstić information content (AvgIpc) is 0.750. The molecule has 0 aromatic heterocycles. The number of carbonyl (C=O) groups excluding carboxylic acids is 8. The molecule has 8 aromatic carbocycles. The van der Waals surface area contributed by atoms with Gasteiger partial charge in [0.2, 0.25) is 0 Å². The third-order valence-corrected chi connectivity index (χ3v) is 22.3. The monoisotopic (exact) mass is 1790 g/mol. The van der Waals surface area contributed by atoms with E-state index in [1.807, 2.05) is 0 Å². The van der Waals surface area contributed by atoms with Crippen LogP contribution >= 0.6 is 92.8 Å². The molecule has 24 heteroatoms. The van der Waals surface area contributed by atoms with Crippen LogP contribution in [0.3, 0.4) is 0 Å². The van der Waals surface area contributed by atoms with Gasteiger partial charge in [0.05, 0.1) is 11.0 Å². The third kappa shape index (κ3) is 22.3. The van der Waals surface area contributed by atoms with E-state index in [0.29, 0.717) is 65.8 Å². The molecule has 0 saturated heterocycles. The second-order valence-electron chi connectivity index (χ2n) is 27.5. The molecule has 0 aliphatic heterocycles. The van der Waals surface area contributed by atoms with Gasteiger partial charge in [0.25, 0.3) is 0 Å². The maximum absolute atomic E-state index is 12.2. The Labute approximate surface area is 771 Å². The molecule has 0 heterocycles.